The Morgan fingerprint density at radius 3 is 2.35 bits per heavy atom. The van der Waals surface area contributed by atoms with Crippen LogP contribution in [0.25, 0.3) is 10.9 Å². The molecule has 3 heterocycles. The average Bonchev–Trinajstić information content (AvgIpc) is 3.48. The van der Waals surface area contributed by atoms with E-state index in [2.05, 4.69) is 16.0 Å². The van der Waals surface area contributed by atoms with Gasteiger partial charge >= 0.3 is 17.9 Å². The Bertz CT molecular complexity index is 1660. The lowest BCUT2D eigenvalue weighted by Crippen LogP contribution is -2.58. The van der Waals surface area contributed by atoms with E-state index in [-0.39, 0.29) is 53.1 Å². The SMILES string of the molecule is CCCC(=O)Oc1c(OC)cc(C(=O)O[C@@H]2CC3CN4CCc5c([nH]c6cc(OC)ccc56)C4CC3[C@H](C(=O)OC)[C@H]2OC)cc1OC. The van der Waals surface area contributed by atoms with E-state index in [9.17, 15) is 14.4 Å². The zero-order valence-electron chi connectivity index (χ0n) is 28.3. The summed E-state index contributed by atoms with van der Waals surface area (Å²) in [5, 5.41) is 1.20. The summed E-state index contributed by atoms with van der Waals surface area (Å²) < 4.78 is 39.3. The van der Waals surface area contributed by atoms with Gasteiger partial charge in [0.25, 0.3) is 0 Å². The van der Waals surface area contributed by atoms with E-state index in [1.807, 2.05) is 19.1 Å². The Morgan fingerprint density at radius 2 is 1.71 bits per heavy atom. The molecule has 3 aromatic rings. The first-order valence-corrected chi connectivity index (χ1v) is 16.5. The third-order valence-electron chi connectivity index (χ3n) is 10.2. The molecule has 2 aromatic carbocycles. The first kappa shape index (κ1) is 33.6. The number of nitrogens with zero attached hydrogens (tertiary/aromatic N) is 1. The van der Waals surface area contributed by atoms with Crippen molar-refractivity contribution < 1.29 is 47.5 Å². The quantitative estimate of drug-likeness (QED) is 0.235. The first-order chi connectivity index (χ1) is 23.2. The maximum absolute atomic E-state index is 13.7. The van der Waals surface area contributed by atoms with E-state index in [1.54, 1.807) is 7.11 Å². The number of nitrogens with one attached hydrogen (secondary N) is 1. The highest BCUT2D eigenvalue weighted by atomic mass is 16.6. The van der Waals surface area contributed by atoms with Crippen molar-refractivity contribution in [1.82, 2.24) is 9.88 Å². The Morgan fingerprint density at radius 1 is 0.958 bits per heavy atom. The molecule has 48 heavy (non-hydrogen) atoms. The van der Waals surface area contributed by atoms with Crippen molar-refractivity contribution in [2.45, 2.75) is 57.3 Å². The molecule has 1 saturated heterocycles. The highest BCUT2D eigenvalue weighted by Crippen LogP contribution is 2.51. The highest BCUT2D eigenvalue weighted by Gasteiger charge is 2.54. The third kappa shape index (κ3) is 6.07. The molecule has 1 saturated carbocycles. The van der Waals surface area contributed by atoms with Gasteiger partial charge in [0.05, 0.1) is 46.0 Å². The molecule has 6 rings (SSSR count). The fourth-order valence-electron chi connectivity index (χ4n) is 8.03. The zero-order valence-corrected chi connectivity index (χ0v) is 28.3. The zero-order chi connectivity index (χ0) is 34.1. The van der Waals surface area contributed by atoms with Gasteiger partial charge in [0.2, 0.25) is 5.75 Å². The van der Waals surface area contributed by atoms with Crippen molar-refractivity contribution in [3.8, 4) is 23.0 Å². The minimum atomic E-state index is -0.720. The first-order valence-electron chi connectivity index (χ1n) is 16.5. The normalized spacial score (nSPS) is 24.9. The highest BCUT2D eigenvalue weighted by molar-refractivity contribution is 5.92. The lowest BCUT2D eigenvalue weighted by Gasteiger charge is -2.52. The molecule has 1 aromatic heterocycles. The molecular formula is C36H44N2O10. The van der Waals surface area contributed by atoms with Crippen LogP contribution in [0.2, 0.25) is 0 Å². The molecular weight excluding hydrogens is 620 g/mol. The Labute approximate surface area is 279 Å². The molecule has 0 bridgehead atoms. The minimum absolute atomic E-state index is 0.0530. The summed E-state index contributed by atoms with van der Waals surface area (Å²) in [4.78, 5) is 45.6. The number of rotatable bonds is 10. The number of piperidine rings is 1. The van der Waals surface area contributed by atoms with Crippen LogP contribution in [0.1, 0.15) is 60.3 Å². The number of carbonyl (C=O) groups is 3. The lowest BCUT2D eigenvalue weighted by molar-refractivity contribution is -0.176. The maximum Gasteiger partial charge on any atom is 0.338 e. The molecule has 1 aliphatic carbocycles. The van der Waals surface area contributed by atoms with Gasteiger partial charge in [-0.2, -0.15) is 0 Å². The van der Waals surface area contributed by atoms with Gasteiger partial charge in [-0.25, -0.2) is 4.79 Å². The van der Waals surface area contributed by atoms with Crippen LogP contribution in [0.3, 0.4) is 0 Å². The van der Waals surface area contributed by atoms with Crippen molar-refractivity contribution >= 4 is 28.8 Å². The molecule has 2 aliphatic heterocycles. The summed E-state index contributed by atoms with van der Waals surface area (Å²) in [6.07, 6.45) is 1.55. The fourth-order valence-corrected chi connectivity index (χ4v) is 8.03. The molecule has 2 fully saturated rings. The number of aromatic nitrogens is 1. The molecule has 0 spiro atoms. The maximum atomic E-state index is 13.7. The van der Waals surface area contributed by atoms with Crippen LogP contribution in [0, 0.1) is 17.8 Å². The number of methoxy groups -OCH3 is 5. The van der Waals surface area contributed by atoms with Crippen LogP contribution >= 0.6 is 0 Å². The minimum Gasteiger partial charge on any atom is -0.497 e. The molecule has 12 heteroatoms. The number of benzene rings is 2. The van der Waals surface area contributed by atoms with Gasteiger partial charge in [-0.15, -0.1) is 0 Å². The third-order valence-corrected chi connectivity index (χ3v) is 10.2. The van der Waals surface area contributed by atoms with E-state index >= 15 is 0 Å². The molecule has 3 aliphatic rings. The summed E-state index contributed by atoms with van der Waals surface area (Å²) in [5.74, 6) is -0.903. The number of esters is 3. The smallest absolute Gasteiger partial charge is 0.338 e. The lowest BCUT2D eigenvalue weighted by atomic mass is 9.63. The molecule has 3 unspecified atom stereocenters. The largest absolute Gasteiger partial charge is 0.497 e. The summed E-state index contributed by atoms with van der Waals surface area (Å²) >= 11 is 0. The van der Waals surface area contributed by atoms with E-state index in [0.29, 0.717) is 12.8 Å². The summed E-state index contributed by atoms with van der Waals surface area (Å²) in [6, 6.07) is 9.14. The van der Waals surface area contributed by atoms with Crippen molar-refractivity contribution in [3.05, 3.63) is 47.2 Å². The van der Waals surface area contributed by atoms with E-state index in [4.69, 9.17) is 33.2 Å². The number of fused-ring (bicyclic) bond motifs is 6. The van der Waals surface area contributed by atoms with Crippen molar-refractivity contribution in [2.75, 3.05) is 48.6 Å². The molecule has 1 N–H and O–H groups in total. The predicted octanol–water partition coefficient (Wildman–Crippen LogP) is 4.87. The topological polar surface area (TPSA) is 135 Å². The number of aromatic amines is 1. The fraction of sp³-hybridized carbons (Fsp3) is 0.528. The summed E-state index contributed by atoms with van der Waals surface area (Å²) in [5.41, 5.74) is 3.68. The van der Waals surface area contributed by atoms with Crippen LogP contribution in [0.15, 0.2) is 30.3 Å². The number of ether oxygens (including phenoxy) is 7. The van der Waals surface area contributed by atoms with Gasteiger partial charge < -0.3 is 38.1 Å². The molecule has 0 radical (unpaired) electrons. The van der Waals surface area contributed by atoms with Gasteiger partial charge in [-0.05, 0) is 67.3 Å². The van der Waals surface area contributed by atoms with Crippen molar-refractivity contribution in [3.63, 3.8) is 0 Å². The van der Waals surface area contributed by atoms with Crippen LogP contribution in [-0.4, -0.2) is 88.6 Å². The Hall–Kier alpha value is -4.29. The van der Waals surface area contributed by atoms with Gasteiger partial charge in [-0.1, -0.05) is 6.92 Å². The second-order valence-corrected chi connectivity index (χ2v) is 12.7. The van der Waals surface area contributed by atoms with Crippen molar-refractivity contribution in [2.24, 2.45) is 17.8 Å². The van der Waals surface area contributed by atoms with Crippen LogP contribution < -0.4 is 18.9 Å². The predicted molar refractivity (Wildman–Crippen MR) is 175 cm³/mol. The summed E-state index contributed by atoms with van der Waals surface area (Å²) in [6.45, 7) is 3.50. The van der Waals surface area contributed by atoms with Crippen molar-refractivity contribution in [1.29, 1.82) is 0 Å². The van der Waals surface area contributed by atoms with Gasteiger partial charge in [0.1, 0.15) is 18.0 Å². The van der Waals surface area contributed by atoms with E-state index in [0.717, 1.165) is 37.2 Å². The Balaban J connectivity index is 1.27. The van der Waals surface area contributed by atoms with Gasteiger partial charge in [-0.3, -0.25) is 14.5 Å². The molecule has 6 atom stereocenters. The average molecular weight is 665 g/mol. The summed E-state index contributed by atoms with van der Waals surface area (Å²) in [7, 11) is 7.41. The van der Waals surface area contributed by atoms with Crippen LogP contribution in [-0.2, 0) is 30.2 Å². The Kier molecular flexibility index (Phi) is 9.84. The second-order valence-electron chi connectivity index (χ2n) is 12.7. The molecule has 258 valence electrons. The number of hydrogen-bond donors (Lipinski definition) is 1. The van der Waals surface area contributed by atoms with Gasteiger partial charge in [0, 0.05) is 49.3 Å². The number of hydrogen-bond acceptors (Lipinski definition) is 11. The number of carbonyl (C=O) groups excluding carboxylic acids is 3. The van der Waals surface area contributed by atoms with E-state index in [1.165, 1.54) is 57.2 Å². The van der Waals surface area contributed by atoms with Crippen LogP contribution in [0.4, 0.5) is 0 Å². The molecule has 0 amide bonds. The van der Waals surface area contributed by atoms with E-state index < -0.39 is 30.1 Å². The second kappa shape index (κ2) is 14.1. The molecule has 12 nitrogen and oxygen atoms in total. The number of H-pyrrole nitrogens is 1. The van der Waals surface area contributed by atoms with Gasteiger partial charge in [0.15, 0.2) is 11.5 Å². The van der Waals surface area contributed by atoms with Crippen LogP contribution in [0.5, 0.6) is 23.0 Å². The monoisotopic (exact) mass is 664 g/mol. The standard InChI is InChI=1S/C36H44N2O10/c1-7-8-30(39)48-33-27(43-3)13-19(14-28(33)44-4)35(40)47-29-15-20-18-38-12-11-23-22-10-9-21(42-2)16-25(22)37-32(23)26(38)17-24(20)31(34(29)45-5)36(41)46-6/h9-10,13-14,16,20,24,26,29,31,34,37H,7-8,11-12,15,17-18H2,1-6H3/t20?,24?,26?,29-,31+,34+/m1/s1.